The standard InChI is InChI=1S/C22H13Cl2N5O3/c23-18-7-6-14(8-19(18)24)13-28(27-22(30)15-4-2-1-3-5-15)20-9-16(11-25)17(12-26)10-21(20)29(31)32/h1-10H,13H2,(H,27,30). The summed E-state index contributed by atoms with van der Waals surface area (Å²) in [4.78, 5) is 23.9. The van der Waals surface area contributed by atoms with Crippen molar-refractivity contribution in [2.24, 2.45) is 0 Å². The monoisotopic (exact) mass is 465 g/mol. The third-order valence-electron chi connectivity index (χ3n) is 4.44. The van der Waals surface area contributed by atoms with Gasteiger partial charge in [-0.05, 0) is 35.9 Å². The maximum absolute atomic E-state index is 12.8. The minimum Gasteiger partial charge on any atom is -0.274 e. The number of rotatable bonds is 6. The Morgan fingerprint density at radius 3 is 2.25 bits per heavy atom. The van der Waals surface area contributed by atoms with Crippen molar-refractivity contribution in [1.82, 2.24) is 5.43 Å². The van der Waals surface area contributed by atoms with Gasteiger partial charge < -0.3 is 0 Å². The summed E-state index contributed by atoms with van der Waals surface area (Å²) in [5.41, 5.74) is 2.81. The fourth-order valence-electron chi connectivity index (χ4n) is 2.91. The van der Waals surface area contributed by atoms with Crippen molar-refractivity contribution < 1.29 is 9.72 Å². The van der Waals surface area contributed by atoms with Crippen molar-refractivity contribution >= 4 is 40.5 Å². The molecule has 8 nitrogen and oxygen atoms in total. The zero-order valence-corrected chi connectivity index (χ0v) is 17.8. The molecular weight excluding hydrogens is 453 g/mol. The minimum absolute atomic E-state index is 0.0347. The third kappa shape index (κ3) is 4.96. The molecule has 0 saturated carbocycles. The highest BCUT2D eigenvalue weighted by molar-refractivity contribution is 6.42. The molecule has 0 radical (unpaired) electrons. The van der Waals surface area contributed by atoms with Crippen molar-refractivity contribution in [2.45, 2.75) is 6.54 Å². The summed E-state index contributed by atoms with van der Waals surface area (Å²) in [6, 6.07) is 18.9. The number of hydrogen-bond acceptors (Lipinski definition) is 6. The molecule has 0 fully saturated rings. The van der Waals surface area contributed by atoms with Crippen LogP contribution in [-0.4, -0.2) is 10.8 Å². The summed E-state index contributed by atoms with van der Waals surface area (Å²) < 4.78 is 0. The van der Waals surface area contributed by atoms with Crippen LogP contribution in [0.1, 0.15) is 27.0 Å². The van der Waals surface area contributed by atoms with Crippen molar-refractivity contribution in [1.29, 1.82) is 10.5 Å². The molecule has 3 aromatic rings. The van der Waals surface area contributed by atoms with E-state index in [4.69, 9.17) is 23.2 Å². The zero-order chi connectivity index (χ0) is 23.3. The SMILES string of the molecule is N#Cc1cc(N(Cc2ccc(Cl)c(Cl)c2)NC(=O)c2ccccc2)c([N+](=O)[O-])cc1C#N. The Labute approximate surface area is 192 Å². The molecule has 0 aliphatic rings. The van der Waals surface area contributed by atoms with Crippen LogP contribution in [0.5, 0.6) is 0 Å². The van der Waals surface area contributed by atoms with Gasteiger partial charge in [-0.15, -0.1) is 0 Å². The van der Waals surface area contributed by atoms with Gasteiger partial charge in [-0.25, -0.2) is 0 Å². The number of nitriles is 2. The van der Waals surface area contributed by atoms with Crippen molar-refractivity contribution in [3.8, 4) is 12.1 Å². The van der Waals surface area contributed by atoms with E-state index in [0.717, 1.165) is 6.07 Å². The second-order valence-electron chi connectivity index (χ2n) is 6.51. The number of hydrazine groups is 1. The second-order valence-corrected chi connectivity index (χ2v) is 7.32. The van der Waals surface area contributed by atoms with Gasteiger partial charge in [-0.2, -0.15) is 10.5 Å². The van der Waals surface area contributed by atoms with Crippen LogP contribution in [0.3, 0.4) is 0 Å². The van der Waals surface area contributed by atoms with E-state index in [1.54, 1.807) is 54.6 Å². The number of carbonyl (C=O) groups excluding carboxylic acids is 1. The quantitative estimate of drug-likeness (QED) is 0.403. The molecule has 3 aromatic carbocycles. The number of nitro groups is 1. The number of halogens is 2. The van der Waals surface area contributed by atoms with Gasteiger partial charge in [0.2, 0.25) is 0 Å². The van der Waals surface area contributed by atoms with Crippen LogP contribution in [0.2, 0.25) is 10.0 Å². The van der Waals surface area contributed by atoms with E-state index in [9.17, 15) is 25.4 Å². The lowest BCUT2D eigenvalue weighted by Gasteiger charge is -2.26. The molecule has 0 heterocycles. The summed E-state index contributed by atoms with van der Waals surface area (Å²) in [6.07, 6.45) is 0. The fraction of sp³-hybridized carbons (Fsp3) is 0.0455. The maximum Gasteiger partial charge on any atom is 0.295 e. The average molecular weight is 466 g/mol. The number of nitro benzene ring substituents is 1. The van der Waals surface area contributed by atoms with Gasteiger partial charge in [0.15, 0.2) is 0 Å². The fourth-order valence-corrected chi connectivity index (χ4v) is 3.23. The number of anilines is 1. The molecule has 3 rings (SSSR count). The van der Waals surface area contributed by atoms with Crippen LogP contribution in [0.25, 0.3) is 0 Å². The van der Waals surface area contributed by atoms with Crippen LogP contribution in [-0.2, 0) is 6.54 Å². The molecule has 32 heavy (non-hydrogen) atoms. The Kier molecular flexibility index (Phi) is 6.91. The molecule has 0 aliphatic heterocycles. The lowest BCUT2D eigenvalue weighted by Crippen LogP contribution is -2.42. The number of nitrogens with zero attached hydrogens (tertiary/aromatic N) is 4. The summed E-state index contributed by atoms with van der Waals surface area (Å²) in [5.74, 6) is -0.525. The van der Waals surface area contributed by atoms with Gasteiger partial charge in [0.1, 0.15) is 17.8 Å². The number of carbonyl (C=O) groups is 1. The van der Waals surface area contributed by atoms with Gasteiger partial charge in [0, 0.05) is 11.6 Å². The van der Waals surface area contributed by atoms with Crippen LogP contribution in [0.15, 0.2) is 60.7 Å². The predicted molar refractivity (Wildman–Crippen MR) is 119 cm³/mol. The molecule has 0 unspecified atom stereocenters. The van der Waals surface area contributed by atoms with Gasteiger partial charge in [-0.1, -0.05) is 47.5 Å². The normalized spacial score (nSPS) is 10.0. The van der Waals surface area contributed by atoms with Crippen LogP contribution in [0, 0.1) is 32.8 Å². The van der Waals surface area contributed by atoms with Crippen molar-refractivity contribution in [2.75, 3.05) is 5.01 Å². The molecule has 158 valence electrons. The molecule has 0 saturated heterocycles. The summed E-state index contributed by atoms with van der Waals surface area (Å²) in [7, 11) is 0. The van der Waals surface area contributed by atoms with Crippen LogP contribution < -0.4 is 10.4 Å². The summed E-state index contributed by atoms with van der Waals surface area (Å²) >= 11 is 12.1. The van der Waals surface area contributed by atoms with Gasteiger partial charge in [0.25, 0.3) is 11.6 Å². The maximum atomic E-state index is 12.8. The first kappa shape index (κ1) is 22.6. The van der Waals surface area contributed by atoms with Gasteiger partial charge >= 0.3 is 0 Å². The summed E-state index contributed by atoms with van der Waals surface area (Å²) in [6.45, 7) is -0.0347. The first-order chi connectivity index (χ1) is 15.3. The molecule has 0 aromatic heterocycles. The van der Waals surface area contributed by atoms with E-state index in [0.29, 0.717) is 16.1 Å². The number of amides is 1. The number of hydrogen-bond donors (Lipinski definition) is 1. The molecule has 0 bridgehead atoms. The van der Waals surface area contributed by atoms with Crippen LogP contribution in [0.4, 0.5) is 11.4 Å². The zero-order valence-electron chi connectivity index (χ0n) is 16.3. The topological polar surface area (TPSA) is 123 Å². The molecule has 10 heteroatoms. The van der Waals surface area contributed by atoms with E-state index in [2.05, 4.69) is 5.43 Å². The van der Waals surface area contributed by atoms with Gasteiger partial charge in [0.05, 0.1) is 32.6 Å². The molecular formula is C22H13Cl2N5O3. The smallest absolute Gasteiger partial charge is 0.274 e. The van der Waals surface area contributed by atoms with E-state index < -0.39 is 16.5 Å². The van der Waals surface area contributed by atoms with E-state index in [-0.39, 0.29) is 28.4 Å². The highest BCUT2D eigenvalue weighted by Crippen LogP contribution is 2.32. The molecule has 0 spiro atoms. The second kappa shape index (κ2) is 9.80. The van der Waals surface area contributed by atoms with E-state index >= 15 is 0 Å². The lowest BCUT2D eigenvalue weighted by molar-refractivity contribution is -0.384. The van der Waals surface area contributed by atoms with Gasteiger partial charge in [-0.3, -0.25) is 25.3 Å². The Morgan fingerprint density at radius 1 is 1.00 bits per heavy atom. The molecule has 1 N–H and O–H groups in total. The largest absolute Gasteiger partial charge is 0.295 e. The lowest BCUT2D eigenvalue weighted by atomic mass is 10.1. The Balaban J connectivity index is 2.12. The highest BCUT2D eigenvalue weighted by atomic mass is 35.5. The first-order valence-corrected chi connectivity index (χ1v) is 9.79. The average Bonchev–Trinajstić information content (AvgIpc) is 2.80. The van der Waals surface area contributed by atoms with Crippen molar-refractivity contribution in [3.05, 3.63) is 103 Å². The Morgan fingerprint density at radius 2 is 1.66 bits per heavy atom. The molecule has 1 amide bonds. The van der Waals surface area contributed by atoms with E-state index in [1.165, 1.54) is 11.1 Å². The number of benzene rings is 3. The number of nitrogens with one attached hydrogen (secondary N) is 1. The summed E-state index contributed by atoms with van der Waals surface area (Å²) in [5, 5.41) is 32.2. The van der Waals surface area contributed by atoms with E-state index in [1.807, 2.05) is 6.07 Å². The third-order valence-corrected chi connectivity index (χ3v) is 5.18. The Hall–Kier alpha value is -4.11. The molecule has 0 atom stereocenters. The highest BCUT2D eigenvalue weighted by Gasteiger charge is 2.25. The Bertz CT molecular complexity index is 1280. The van der Waals surface area contributed by atoms with Crippen LogP contribution >= 0.6 is 23.2 Å². The molecule has 0 aliphatic carbocycles. The van der Waals surface area contributed by atoms with Crippen molar-refractivity contribution in [3.63, 3.8) is 0 Å². The predicted octanol–water partition coefficient (Wildman–Crippen LogP) is 5.00. The first-order valence-electron chi connectivity index (χ1n) is 9.04. The minimum atomic E-state index is -0.687.